The van der Waals surface area contributed by atoms with E-state index < -0.39 is 313 Å². The molecule has 0 aromatic heterocycles. The van der Waals surface area contributed by atoms with Gasteiger partial charge in [0, 0.05) is 147 Å². The van der Waals surface area contributed by atoms with Crippen LogP contribution < -0.4 is 10.5 Å². The van der Waals surface area contributed by atoms with E-state index in [-0.39, 0.29) is 6.54 Å². The van der Waals surface area contributed by atoms with Gasteiger partial charge in [-0.3, -0.25) is 36.4 Å². The maximum atomic E-state index is 13.1. The summed E-state index contributed by atoms with van der Waals surface area (Å²) < 4.78 is 297. The number of rotatable bonds is 11. The van der Waals surface area contributed by atoms with Gasteiger partial charge in [0.1, 0.15) is 52.6 Å². The van der Waals surface area contributed by atoms with Gasteiger partial charge in [-0.15, -0.1) is 0 Å². The minimum Gasteiger partial charge on any atom is -0.507 e. The van der Waals surface area contributed by atoms with E-state index in [4.69, 9.17) is 10.5 Å². The molecule has 8 aromatic rings. The van der Waals surface area contributed by atoms with E-state index in [1.165, 1.54) is 0 Å². The molecule has 16 bridgehead atoms. The summed E-state index contributed by atoms with van der Waals surface area (Å²) in [7, 11) is -43.5. The molecular weight excluding hydrogens is 1480 g/mol. The van der Waals surface area contributed by atoms with Crippen LogP contribution in [0.1, 0.15) is 89.0 Å². The quantitative estimate of drug-likeness (QED) is 0.0814. The monoisotopic (exact) mass is 1530 g/mol. The second-order valence-corrected chi connectivity index (χ2v) is 33.9. The average molecular weight is 1530 g/mol. The lowest BCUT2D eigenvalue weighted by atomic mass is 9.91. The molecular formula is C58H53NO32S8. The molecule has 530 valence electrons. The normalized spacial score (nSPS) is 14.0. The number of hydrogen-bond acceptors (Lipinski definition) is 25. The van der Waals surface area contributed by atoms with E-state index in [0.717, 1.165) is 0 Å². The molecule has 1 aliphatic rings. The third kappa shape index (κ3) is 16.5. The number of aromatic hydroxyl groups is 7. The predicted molar refractivity (Wildman–Crippen MR) is 339 cm³/mol. The molecule has 0 saturated heterocycles. The molecule has 0 saturated carbocycles. The number of nitrogens with two attached hydrogens (primary N) is 1. The molecule has 0 fully saturated rings. The summed E-state index contributed by atoms with van der Waals surface area (Å²) in [6.45, 7) is -0.873. The number of benzene rings is 8. The van der Waals surface area contributed by atoms with Gasteiger partial charge in [-0.05, 0) is 97.1 Å². The van der Waals surface area contributed by atoms with Crippen molar-refractivity contribution in [2.24, 2.45) is 5.73 Å². The molecule has 1 aliphatic carbocycles. The van der Waals surface area contributed by atoms with Crippen molar-refractivity contribution in [1.82, 2.24) is 0 Å². The van der Waals surface area contributed by atoms with E-state index in [2.05, 4.69) is 0 Å². The van der Waals surface area contributed by atoms with Gasteiger partial charge >= 0.3 is 0 Å². The van der Waals surface area contributed by atoms with Crippen molar-refractivity contribution >= 4 is 80.9 Å². The van der Waals surface area contributed by atoms with Crippen LogP contribution in [0.5, 0.6) is 46.0 Å². The third-order valence-electron chi connectivity index (χ3n) is 15.7. The summed E-state index contributed by atoms with van der Waals surface area (Å²) in [5.41, 5.74) is -4.62. The van der Waals surface area contributed by atoms with Gasteiger partial charge in [-0.2, -0.15) is 67.3 Å². The van der Waals surface area contributed by atoms with Crippen LogP contribution in [0.25, 0.3) is 0 Å². The maximum Gasteiger partial charge on any atom is 0.294 e. The highest BCUT2D eigenvalue weighted by atomic mass is 32.2. The molecule has 0 unspecified atom stereocenters. The average Bonchev–Trinajstić information content (AvgIpc) is 0.781. The van der Waals surface area contributed by atoms with Crippen molar-refractivity contribution in [2.45, 2.75) is 90.5 Å². The van der Waals surface area contributed by atoms with Crippen molar-refractivity contribution in [1.29, 1.82) is 0 Å². The van der Waals surface area contributed by atoms with Crippen molar-refractivity contribution in [3.63, 3.8) is 0 Å². The Morgan fingerprint density at radius 3 is 0.455 bits per heavy atom. The Morgan fingerprint density at radius 2 is 0.343 bits per heavy atom. The summed E-state index contributed by atoms with van der Waals surface area (Å²) >= 11 is 0. The van der Waals surface area contributed by atoms with E-state index >= 15 is 0 Å². The van der Waals surface area contributed by atoms with Crippen molar-refractivity contribution in [3.05, 3.63) is 186 Å². The Hall–Kier alpha value is -8.60. The maximum absolute atomic E-state index is 13.1. The molecule has 17 N–H and O–H groups in total. The van der Waals surface area contributed by atoms with Crippen molar-refractivity contribution < 1.29 is 144 Å². The largest absolute Gasteiger partial charge is 0.507 e. The highest BCUT2D eigenvalue weighted by Gasteiger charge is 2.31. The second-order valence-electron chi connectivity index (χ2n) is 22.6. The number of ether oxygens (including phenoxy) is 1. The predicted octanol–water partition coefficient (Wildman–Crippen LogP) is 3.98. The summed E-state index contributed by atoms with van der Waals surface area (Å²) in [5.74, 6) is -7.76. The first-order valence-electron chi connectivity index (χ1n) is 27.6. The lowest BCUT2D eigenvalue weighted by Gasteiger charge is -2.20. The standard InChI is InChI=1S/C58H53NO32S8/c59-1-2-91-58-41-9-39-23-48(97(82,83)84)21-37(56(39)65)7-35-19-46(95(76,77)78)17-33(54(35)63)5-31-15-44(93(70,71)72)13-29(52(31)61)3-27-11-43(92(67,68)69)12-28(51(27)60)4-30-14-45(94(73,74)75)16-32(53(30)62)6-34-18-47(96(79,80)81)20-36(55(34)64)8-38-22-49(98(85,86)87)24-40(57(38)66)10-42(58)26-50(25-41)99(88,89)90/h11-26,60-66H,1-10,59H2,(H,67,68,69)(H,70,71,72)(H,73,74,75)(H,76,77,78)(H,79,80,81)(H,82,83,84)(H,85,86,87)(H,88,89,90). The SMILES string of the molecule is NCCOc1c2cc(S(=O)(=O)O)cc1Cc1cc(S(=O)(=O)O)cc(c1O)Cc1cc(S(=O)(=O)O)cc(c1O)Cc1cc(S(=O)(=O)O)cc(c1O)Cc1cc(S(=O)(=O)O)cc(c1O)Cc1cc(S(=O)(=O)O)cc(c1O)Cc1cc(S(=O)(=O)O)cc(c1O)Cc1cc(S(=O)(=O)O)cc(c1O)C2. The second kappa shape index (κ2) is 26.5. The fourth-order valence-corrected chi connectivity index (χ4v) is 15.8. The van der Waals surface area contributed by atoms with Crippen LogP contribution in [0.3, 0.4) is 0 Å². The molecule has 33 nitrogen and oxygen atoms in total. The highest BCUT2D eigenvalue weighted by molar-refractivity contribution is 7.87. The Balaban J connectivity index is 1.38. The first-order chi connectivity index (χ1) is 45.4. The van der Waals surface area contributed by atoms with Crippen LogP contribution in [0.2, 0.25) is 0 Å². The lowest BCUT2D eigenvalue weighted by molar-refractivity contribution is 0.321. The van der Waals surface area contributed by atoms with Gasteiger partial charge in [0.05, 0.1) is 39.2 Å². The van der Waals surface area contributed by atoms with E-state index in [0.29, 0.717) is 97.1 Å². The van der Waals surface area contributed by atoms with Crippen LogP contribution in [-0.2, 0) is 132 Å². The number of phenolic OH excluding ortho intramolecular Hbond substituents is 7. The molecule has 9 rings (SSSR count). The van der Waals surface area contributed by atoms with E-state index in [1.54, 1.807) is 0 Å². The topological polar surface area (TPSA) is 612 Å². The van der Waals surface area contributed by atoms with Crippen molar-refractivity contribution in [2.75, 3.05) is 13.2 Å². The summed E-state index contributed by atoms with van der Waals surface area (Å²) in [6.07, 6.45) is -8.25. The van der Waals surface area contributed by atoms with Crippen LogP contribution in [0.4, 0.5) is 0 Å². The van der Waals surface area contributed by atoms with Gasteiger partial charge in [0.2, 0.25) is 0 Å². The smallest absolute Gasteiger partial charge is 0.294 e. The molecule has 8 aromatic carbocycles. The Morgan fingerprint density at radius 1 is 0.232 bits per heavy atom. The summed E-state index contributed by atoms with van der Waals surface area (Å²) in [5, 5.41) is 84.0. The van der Waals surface area contributed by atoms with Crippen LogP contribution in [0, 0.1) is 0 Å². The zero-order valence-electron chi connectivity index (χ0n) is 49.8. The number of phenols is 7. The van der Waals surface area contributed by atoms with Crippen LogP contribution in [0.15, 0.2) is 136 Å². The van der Waals surface area contributed by atoms with Crippen molar-refractivity contribution in [3.8, 4) is 46.0 Å². The number of hydrogen-bond donors (Lipinski definition) is 16. The molecule has 0 aliphatic heterocycles. The Labute approximate surface area is 563 Å². The highest BCUT2D eigenvalue weighted by Crippen LogP contribution is 2.44. The third-order valence-corrected chi connectivity index (χ3v) is 22.4. The molecule has 99 heavy (non-hydrogen) atoms. The first kappa shape index (κ1) is 74.6. The summed E-state index contributed by atoms with van der Waals surface area (Å²) in [4.78, 5) is -8.74. The Bertz CT molecular complexity index is 5430. The molecule has 0 heterocycles. The lowest BCUT2D eigenvalue weighted by Crippen LogP contribution is -2.14. The zero-order chi connectivity index (χ0) is 73.6. The molecule has 0 radical (unpaired) electrons. The van der Waals surface area contributed by atoms with Gasteiger partial charge < -0.3 is 46.2 Å². The fraction of sp³-hybridized carbons (Fsp3) is 0.172. The van der Waals surface area contributed by atoms with E-state index in [9.17, 15) is 140 Å². The Kier molecular flexibility index (Phi) is 20.0. The van der Waals surface area contributed by atoms with Crippen LogP contribution >= 0.6 is 0 Å². The first-order valence-corrected chi connectivity index (χ1v) is 39.1. The van der Waals surface area contributed by atoms with Gasteiger partial charge in [0.15, 0.2) is 0 Å². The summed E-state index contributed by atoms with van der Waals surface area (Å²) in [6, 6.07) is 9.55. The van der Waals surface area contributed by atoms with Gasteiger partial charge in [-0.1, -0.05) is 0 Å². The zero-order valence-corrected chi connectivity index (χ0v) is 56.3. The van der Waals surface area contributed by atoms with E-state index in [1.807, 2.05) is 0 Å². The minimum absolute atomic E-state index is 0.360. The van der Waals surface area contributed by atoms with Gasteiger partial charge in [0.25, 0.3) is 80.9 Å². The molecule has 41 heteroatoms. The molecule has 0 atom stereocenters. The van der Waals surface area contributed by atoms with Gasteiger partial charge in [-0.25, -0.2) is 0 Å². The molecule has 0 spiro atoms. The fourth-order valence-electron chi connectivity index (χ4n) is 11.1. The number of fused-ring (bicyclic) bond motifs is 16. The van der Waals surface area contributed by atoms with Crippen LogP contribution in [-0.4, -0.2) is 153 Å². The minimum atomic E-state index is -5.44. The molecule has 0 amide bonds.